The molecule has 3 aromatic heterocycles. The summed E-state index contributed by atoms with van der Waals surface area (Å²) in [6.45, 7) is 2.94. The van der Waals surface area contributed by atoms with Crippen molar-refractivity contribution in [1.29, 1.82) is 0 Å². The lowest BCUT2D eigenvalue weighted by molar-refractivity contribution is 0.196. The predicted octanol–water partition coefficient (Wildman–Crippen LogP) is 1.05. The highest BCUT2D eigenvalue weighted by molar-refractivity contribution is 5.47. The molecular formula is C16H20N8. The average molecular weight is 324 g/mol. The van der Waals surface area contributed by atoms with Crippen LogP contribution in [-0.2, 0) is 6.54 Å². The lowest BCUT2D eigenvalue weighted by atomic mass is 10.1. The minimum atomic E-state index is 0.547. The first kappa shape index (κ1) is 13.9. The van der Waals surface area contributed by atoms with Gasteiger partial charge in [-0.15, -0.1) is 15.3 Å². The third kappa shape index (κ3) is 2.34. The predicted molar refractivity (Wildman–Crippen MR) is 88.8 cm³/mol. The molecule has 1 saturated carbocycles. The van der Waals surface area contributed by atoms with Gasteiger partial charge in [0.2, 0.25) is 0 Å². The van der Waals surface area contributed by atoms with Crippen molar-refractivity contribution >= 4 is 11.5 Å². The molecule has 2 fully saturated rings. The van der Waals surface area contributed by atoms with E-state index in [9.17, 15) is 0 Å². The molecule has 0 atom stereocenters. The maximum atomic E-state index is 4.56. The Kier molecular flexibility index (Phi) is 3.05. The molecule has 0 aromatic carbocycles. The number of fused-ring (bicyclic) bond motifs is 1. The van der Waals surface area contributed by atoms with Crippen LogP contribution < -0.4 is 4.90 Å². The van der Waals surface area contributed by atoms with E-state index >= 15 is 0 Å². The van der Waals surface area contributed by atoms with Crippen molar-refractivity contribution in [3.05, 3.63) is 35.9 Å². The maximum absolute atomic E-state index is 4.56. The Morgan fingerprint density at radius 2 is 2.17 bits per heavy atom. The molecule has 0 amide bonds. The van der Waals surface area contributed by atoms with Crippen molar-refractivity contribution in [3.63, 3.8) is 0 Å². The molecule has 2 aliphatic rings. The van der Waals surface area contributed by atoms with Gasteiger partial charge in [0.25, 0.3) is 0 Å². The first-order chi connectivity index (χ1) is 11.8. The van der Waals surface area contributed by atoms with Crippen LogP contribution in [0.3, 0.4) is 0 Å². The van der Waals surface area contributed by atoms with Gasteiger partial charge in [-0.05, 0) is 32.0 Å². The number of nitrogens with zero attached hydrogens (tertiary/aromatic N) is 7. The zero-order valence-corrected chi connectivity index (χ0v) is 13.6. The Balaban J connectivity index is 1.23. The molecule has 1 N–H and O–H groups in total. The van der Waals surface area contributed by atoms with Crippen molar-refractivity contribution < 1.29 is 0 Å². The Morgan fingerprint density at radius 3 is 3.00 bits per heavy atom. The number of anilines is 1. The number of H-pyrrole nitrogens is 1. The van der Waals surface area contributed by atoms with Gasteiger partial charge in [0.05, 0.1) is 6.20 Å². The average Bonchev–Trinajstić information content (AvgIpc) is 3.09. The third-order valence-corrected chi connectivity index (χ3v) is 5.11. The van der Waals surface area contributed by atoms with Gasteiger partial charge in [0, 0.05) is 42.9 Å². The summed E-state index contributed by atoms with van der Waals surface area (Å²) in [7, 11) is 2.20. The molecule has 8 nitrogen and oxygen atoms in total. The van der Waals surface area contributed by atoms with Crippen LogP contribution in [0.15, 0.2) is 24.7 Å². The molecule has 8 heteroatoms. The van der Waals surface area contributed by atoms with Gasteiger partial charge in [-0.1, -0.05) is 0 Å². The van der Waals surface area contributed by atoms with Gasteiger partial charge in [0.15, 0.2) is 5.65 Å². The Labute approximate surface area is 139 Å². The van der Waals surface area contributed by atoms with Crippen LogP contribution in [0.1, 0.15) is 30.0 Å². The summed E-state index contributed by atoms with van der Waals surface area (Å²) in [6.07, 6.45) is 6.23. The summed E-state index contributed by atoms with van der Waals surface area (Å²) in [6, 6.07) is 4.52. The first-order valence-corrected chi connectivity index (χ1v) is 8.42. The molecule has 1 aliphatic heterocycles. The van der Waals surface area contributed by atoms with E-state index in [0.717, 1.165) is 31.1 Å². The van der Waals surface area contributed by atoms with E-state index in [0.29, 0.717) is 12.0 Å². The summed E-state index contributed by atoms with van der Waals surface area (Å²) in [5, 5.41) is 19.8. The van der Waals surface area contributed by atoms with E-state index in [1.54, 1.807) is 10.8 Å². The molecule has 0 bridgehead atoms. The molecule has 3 aromatic rings. The fraction of sp³-hybridized carbons (Fsp3) is 0.500. The zero-order chi connectivity index (χ0) is 16.1. The van der Waals surface area contributed by atoms with Crippen LogP contribution in [0.5, 0.6) is 0 Å². The first-order valence-electron chi connectivity index (χ1n) is 8.42. The molecule has 1 aliphatic carbocycles. The molecule has 4 heterocycles. The summed E-state index contributed by atoms with van der Waals surface area (Å²) in [4.78, 5) is 4.71. The largest absolute Gasteiger partial charge is 0.352 e. The monoisotopic (exact) mass is 324 g/mol. The molecular weight excluding hydrogens is 304 g/mol. The molecule has 5 rings (SSSR count). The van der Waals surface area contributed by atoms with Crippen molar-refractivity contribution in [3.8, 4) is 0 Å². The van der Waals surface area contributed by atoms with Crippen LogP contribution in [0.25, 0.3) is 5.65 Å². The number of aromatic nitrogens is 6. The van der Waals surface area contributed by atoms with Gasteiger partial charge < -0.3 is 4.90 Å². The maximum Gasteiger partial charge on any atom is 0.177 e. The van der Waals surface area contributed by atoms with Crippen LogP contribution in [-0.4, -0.2) is 61.1 Å². The highest BCUT2D eigenvalue weighted by Gasteiger charge is 2.33. The number of nitrogens with one attached hydrogen (secondary N) is 1. The van der Waals surface area contributed by atoms with Crippen LogP contribution in [0.2, 0.25) is 0 Å². The molecule has 1 saturated heterocycles. The highest BCUT2D eigenvalue weighted by Crippen LogP contribution is 2.40. The smallest absolute Gasteiger partial charge is 0.177 e. The summed E-state index contributed by atoms with van der Waals surface area (Å²) >= 11 is 0. The van der Waals surface area contributed by atoms with Crippen LogP contribution in [0, 0.1) is 0 Å². The fourth-order valence-corrected chi connectivity index (χ4v) is 3.38. The molecule has 0 spiro atoms. The Morgan fingerprint density at radius 1 is 1.29 bits per heavy atom. The topological polar surface area (TPSA) is 78.2 Å². The van der Waals surface area contributed by atoms with E-state index < -0.39 is 0 Å². The summed E-state index contributed by atoms with van der Waals surface area (Å²) in [5.41, 5.74) is 3.47. The lowest BCUT2D eigenvalue weighted by Gasteiger charge is -2.44. The van der Waals surface area contributed by atoms with E-state index in [-0.39, 0.29) is 0 Å². The van der Waals surface area contributed by atoms with Gasteiger partial charge in [-0.3, -0.25) is 10.00 Å². The van der Waals surface area contributed by atoms with Crippen LogP contribution in [0.4, 0.5) is 5.82 Å². The molecule has 0 radical (unpaired) electrons. The second-order valence-corrected chi connectivity index (χ2v) is 6.88. The summed E-state index contributed by atoms with van der Waals surface area (Å²) in [5.74, 6) is 1.70. The van der Waals surface area contributed by atoms with E-state index in [4.69, 9.17) is 0 Å². The van der Waals surface area contributed by atoms with Crippen molar-refractivity contribution in [2.24, 2.45) is 0 Å². The Hall–Kier alpha value is -2.48. The SMILES string of the molecule is CN(Cc1cn[nH]c1C1CC1)C1CN(c2ccc3nncn3n2)C1. The van der Waals surface area contributed by atoms with Gasteiger partial charge in [-0.2, -0.15) is 9.61 Å². The fourth-order valence-electron chi connectivity index (χ4n) is 3.38. The zero-order valence-electron chi connectivity index (χ0n) is 13.6. The standard InChI is InChI=1S/C16H20N8/c1-22(7-12-6-17-20-16(12)11-2-3-11)13-8-23(9-13)15-5-4-14-19-18-10-24(14)21-15/h4-6,10-11,13H,2-3,7-9H2,1H3,(H,17,20). The second-order valence-electron chi connectivity index (χ2n) is 6.88. The molecule has 0 unspecified atom stereocenters. The quantitative estimate of drug-likeness (QED) is 0.756. The van der Waals surface area contributed by atoms with E-state index in [1.165, 1.54) is 24.1 Å². The van der Waals surface area contributed by atoms with E-state index in [1.807, 2.05) is 18.3 Å². The van der Waals surface area contributed by atoms with Gasteiger partial charge >= 0.3 is 0 Å². The third-order valence-electron chi connectivity index (χ3n) is 5.11. The number of likely N-dealkylation sites (N-methyl/N-ethyl adjacent to an activating group) is 1. The second kappa shape index (κ2) is 5.27. The van der Waals surface area contributed by atoms with Crippen molar-refractivity contribution in [1.82, 2.24) is 34.9 Å². The summed E-state index contributed by atoms with van der Waals surface area (Å²) < 4.78 is 1.72. The van der Waals surface area contributed by atoms with Crippen molar-refractivity contribution in [2.75, 3.05) is 25.0 Å². The van der Waals surface area contributed by atoms with Crippen LogP contribution >= 0.6 is 0 Å². The Bertz CT molecular complexity index is 858. The number of hydrogen-bond acceptors (Lipinski definition) is 6. The highest BCUT2D eigenvalue weighted by atomic mass is 15.4. The van der Waals surface area contributed by atoms with Gasteiger partial charge in [0.1, 0.15) is 12.1 Å². The molecule has 24 heavy (non-hydrogen) atoms. The number of hydrogen-bond donors (Lipinski definition) is 1. The van der Waals surface area contributed by atoms with Gasteiger partial charge in [-0.25, -0.2) is 0 Å². The number of rotatable bonds is 5. The lowest BCUT2D eigenvalue weighted by Crippen LogP contribution is -2.58. The minimum absolute atomic E-state index is 0.547. The molecule has 124 valence electrons. The minimum Gasteiger partial charge on any atom is -0.352 e. The number of aromatic amines is 1. The normalized spacial score (nSPS) is 18.5. The van der Waals surface area contributed by atoms with E-state index in [2.05, 4.69) is 42.3 Å². The van der Waals surface area contributed by atoms with Crippen molar-refractivity contribution in [2.45, 2.75) is 31.3 Å².